The van der Waals surface area contributed by atoms with E-state index >= 15 is 0 Å². The summed E-state index contributed by atoms with van der Waals surface area (Å²) in [6.07, 6.45) is 8.19. The maximum atomic E-state index is 10.6. The second kappa shape index (κ2) is 3.59. The molecule has 0 N–H and O–H groups in total. The number of hydrogen-bond acceptors (Lipinski definition) is 1. The van der Waals surface area contributed by atoms with Crippen LogP contribution >= 0.6 is 0 Å². The molecule has 0 aromatic rings. The highest BCUT2D eigenvalue weighted by molar-refractivity contribution is 5.55. The van der Waals surface area contributed by atoms with Gasteiger partial charge in [-0.3, -0.25) is 0 Å². The van der Waals surface area contributed by atoms with Crippen molar-refractivity contribution in [3.8, 4) is 0 Å². The van der Waals surface area contributed by atoms with Crippen LogP contribution in [0.15, 0.2) is 0 Å². The molecule has 1 aliphatic carbocycles. The quantitative estimate of drug-likeness (QED) is 0.236. The Labute approximate surface area is 62.1 Å². The lowest BCUT2D eigenvalue weighted by molar-refractivity contribution is -0.420. The Balaban J connectivity index is 2.33. The van der Waals surface area contributed by atoms with Crippen molar-refractivity contribution in [2.24, 2.45) is 5.92 Å². The van der Waals surface area contributed by atoms with Gasteiger partial charge in [0.05, 0.1) is 0 Å². The van der Waals surface area contributed by atoms with Crippen molar-refractivity contribution in [3.63, 3.8) is 0 Å². The van der Waals surface area contributed by atoms with Gasteiger partial charge >= 0.3 is 0 Å². The van der Waals surface area contributed by atoms with E-state index in [-0.39, 0.29) is 0 Å². The van der Waals surface area contributed by atoms with Gasteiger partial charge in [-0.25, -0.2) is 4.74 Å². The van der Waals surface area contributed by atoms with Crippen LogP contribution in [0.3, 0.4) is 0 Å². The van der Waals surface area contributed by atoms with Crippen molar-refractivity contribution in [2.75, 3.05) is 7.05 Å². The van der Waals surface area contributed by atoms with Crippen LogP contribution in [0.2, 0.25) is 0 Å². The molecule has 0 saturated heterocycles. The zero-order chi connectivity index (χ0) is 7.40. The number of hydrogen-bond donors (Lipinski definition) is 0. The molecule has 0 heterocycles. The maximum absolute atomic E-state index is 10.6. The Hall–Kier alpha value is -0.530. The molecular formula is C8H15NO. The first-order chi connectivity index (χ1) is 4.79. The fourth-order valence-electron chi connectivity index (χ4n) is 1.58. The van der Waals surface area contributed by atoms with Gasteiger partial charge in [-0.15, -0.1) is 0 Å². The predicted molar refractivity (Wildman–Crippen MR) is 42.2 cm³/mol. The zero-order valence-corrected chi connectivity index (χ0v) is 6.55. The third kappa shape index (κ3) is 2.38. The molecule has 0 aliphatic heterocycles. The SMILES string of the molecule is C/[N+]([O-])=C/C1CCCCC1. The Bertz CT molecular complexity index is 121. The van der Waals surface area contributed by atoms with Gasteiger partial charge in [-0.05, 0) is 12.8 Å². The smallest absolute Gasteiger partial charge is 0.153 e. The van der Waals surface area contributed by atoms with Crippen molar-refractivity contribution in [2.45, 2.75) is 32.1 Å². The average Bonchev–Trinajstić information content (AvgIpc) is 1.88. The first kappa shape index (κ1) is 7.58. The summed E-state index contributed by atoms with van der Waals surface area (Å²) in [5.74, 6) is 0.566. The minimum Gasteiger partial charge on any atom is -0.624 e. The summed E-state index contributed by atoms with van der Waals surface area (Å²) < 4.78 is 0.940. The van der Waals surface area contributed by atoms with Gasteiger partial charge in [-0.1, -0.05) is 19.3 Å². The normalized spacial score (nSPS) is 23.1. The van der Waals surface area contributed by atoms with Crippen LogP contribution in [-0.4, -0.2) is 18.0 Å². The molecule has 0 spiro atoms. The van der Waals surface area contributed by atoms with Crippen LogP contribution < -0.4 is 0 Å². The molecule has 1 aliphatic rings. The van der Waals surface area contributed by atoms with Gasteiger partial charge in [0.1, 0.15) is 7.05 Å². The van der Waals surface area contributed by atoms with Crippen LogP contribution in [0.4, 0.5) is 0 Å². The van der Waals surface area contributed by atoms with Gasteiger partial charge in [0.15, 0.2) is 6.21 Å². The second-order valence-corrected chi connectivity index (χ2v) is 3.09. The molecule has 2 nitrogen and oxygen atoms in total. The lowest BCUT2D eigenvalue weighted by Gasteiger charge is -2.15. The van der Waals surface area contributed by atoms with Gasteiger partial charge < -0.3 is 5.21 Å². The van der Waals surface area contributed by atoms with E-state index in [0.717, 1.165) is 4.74 Å². The summed E-state index contributed by atoms with van der Waals surface area (Å²) in [5, 5.41) is 10.6. The molecule has 1 fully saturated rings. The van der Waals surface area contributed by atoms with Crippen molar-refractivity contribution >= 4 is 6.21 Å². The molecular weight excluding hydrogens is 126 g/mol. The van der Waals surface area contributed by atoms with E-state index in [4.69, 9.17) is 0 Å². The lowest BCUT2D eigenvalue weighted by Crippen LogP contribution is -2.12. The van der Waals surface area contributed by atoms with Gasteiger partial charge in [0, 0.05) is 5.92 Å². The number of nitrogens with zero attached hydrogens (tertiary/aromatic N) is 1. The average molecular weight is 141 g/mol. The Morgan fingerprint density at radius 1 is 1.30 bits per heavy atom. The molecule has 0 aromatic heterocycles. The number of hydroxylamine groups is 1. The first-order valence-electron chi connectivity index (χ1n) is 4.04. The minimum absolute atomic E-state index is 0.566. The van der Waals surface area contributed by atoms with E-state index in [1.807, 2.05) is 0 Å². The summed E-state index contributed by atoms with van der Waals surface area (Å²) in [4.78, 5) is 0. The van der Waals surface area contributed by atoms with Gasteiger partial charge in [0.2, 0.25) is 0 Å². The predicted octanol–water partition coefficient (Wildman–Crippen LogP) is 1.78. The lowest BCUT2D eigenvalue weighted by atomic mass is 9.90. The van der Waals surface area contributed by atoms with Crippen molar-refractivity contribution < 1.29 is 4.74 Å². The molecule has 2 heteroatoms. The summed E-state index contributed by atoms with van der Waals surface area (Å²) in [7, 11) is 1.56. The molecule has 1 rings (SSSR count). The monoisotopic (exact) mass is 141 g/mol. The third-order valence-corrected chi connectivity index (χ3v) is 2.07. The summed E-state index contributed by atoms with van der Waals surface area (Å²) in [5.41, 5.74) is 0. The fourth-order valence-corrected chi connectivity index (χ4v) is 1.58. The van der Waals surface area contributed by atoms with E-state index in [1.165, 1.54) is 32.1 Å². The molecule has 0 unspecified atom stereocenters. The molecule has 1 saturated carbocycles. The largest absolute Gasteiger partial charge is 0.624 e. The highest BCUT2D eigenvalue weighted by atomic mass is 16.5. The molecule has 10 heavy (non-hydrogen) atoms. The van der Waals surface area contributed by atoms with Crippen molar-refractivity contribution in [3.05, 3.63) is 5.21 Å². The van der Waals surface area contributed by atoms with E-state index in [9.17, 15) is 5.21 Å². The molecule has 0 amide bonds. The number of rotatable bonds is 1. The van der Waals surface area contributed by atoms with Crippen LogP contribution in [0.1, 0.15) is 32.1 Å². The second-order valence-electron chi connectivity index (χ2n) is 3.09. The highest BCUT2D eigenvalue weighted by Gasteiger charge is 2.12. The van der Waals surface area contributed by atoms with E-state index in [1.54, 1.807) is 13.3 Å². The Morgan fingerprint density at radius 3 is 2.40 bits per heavy atom. The molecule has 0 bridgehead atoms. The van der Waals surface area contributed by atoms with Crippen LogP contribution in [0, 0.1) is 11.1 Å². The molecule has 0 radical (unpaired) electrons. The Kier molecular flexibility index (Phi) is 2.72. The van der Waals surface area contributed by atoms with Crippen molar-refractivity contribution in [1.29, 1.82) is 0 Å². The Morgan fingerprint density at radius 2 is 1.90 bits per heavy atom. The molecule has 0 atom stereocenters. The summed E-state index contributed by atoms with van der Waals surface area (Å²) in [6, 6.07) is 0. The van der Waals surface area contributed by atoms with Crippen LogP contribution in [0.5, 0.6) is 0 Å². The summed E-state index contributed by atoms with van der Waals surface area (Å²) >= 11 is 0. The van der Waals surface area contributed by atoms with E-state index in [2.05, 4.69) is 0 Å². The topological polar surface area (TPSA) is 26.1 Å². The van der Waals surface area contributed by atoms with E-state index < -0.39 is 0 Å². The van der Waals surface area contributed by atoms with Crippen LogP contribution in [0.25, 0.3) is 0 Å². The molecule has 58 valence electrons. The standard InChI is InChI=1S/C8H15NO/c1-9(10)7-8-5-3-2-4-6-8/h7-8H,2-6H2,1H3/b9-7-. The first-order valence-corrected chi connectivity index (χ1v) is 4.04. The van der Waals surface area contributed by atoms with Gasteiger partial charge in [0.25, 0.3) is 0 Å². The van der Waals surface area contributed by atoms with Crippen LogP contribution in [-0.2, 0) is 0 Å². The van der Waals surface area contributed by atoms with E-state index in [0.29, 0.717) is 5.92 Å². The third-order valence-electron chi connectivity index (χ3n) is 2.07. The van der Waals surface area contributed by atoms with Crippen molar-refractivity contribution in [1.82, 2.24) is 0 Å². The van der Waals surface area contributed by atoms with Gasteiger partial charge in [-0.2, -0.15) is 0 Å². The highest BCUT2D eigenvalue weighted by Crippen LogP contribution is 2.21. The maximum Gasteiger partial charge on any atom is 0.153 e. The summed E-state index contributed by atoms with van der Waals surface area (Å²) in [6.45, 7) is 0. The fraction of sp³-hybridized carbons (Fsp3) is 0.875. The molecule has 0 aromatic carbocycles. The zero-order valence-electron chi connectivity index (χ0n) is 6.55. The minimum atomic E-state index is 0.566.